The molecule has 4 nitrogen and oxygen atoms in total. The highest BCUT2D eigenvalue weighted by atomic mass is 16.5. The predicted molar refractivity (Wildman–Crippen MR) is 67.7 cm³/mol. The Labute approximate surface area is 102 Å². The molecule has 0 aliphatic rings. The monoisotopic (exact) mass is 237 g/mol. The molecule has 4 heteroatoms. The Morgan fingerprint density at radius 2 is 2.06 bits per heavy atom. The fraction of sp³-hybridized carbons (Fsp3) is 0.462. The average Bonchev–Trinajstić information content (AvgIpc) is 2.24. The summed E-state index contributed by atoms with van der Waals surface area (Å²) in [7, 11) is 1.59. The minimum atomic E-state index is -0.845. The van der Waals surface area contributed by atoms with Crippen molar-refractivity contribution in [1.82, 2.24) is 0 Å². The number of anilines is 1. The van der Waals surface area contributed by atoms with Crippen LogP contribution in [0.2, 0.25) is 0 Å². The minimum Gasteiger partial charge on any atom is -0.497 e. The van der Waals surface area contributed by atoms with Crippen LogP contribution in [0.5, 0.6) is 5.75 Å². The van der Waals surface area contributed by atoms with Crippen molar-refractivity contribution in [3.05, 3.63) is 24.3 Å². The van der Waals surface area contributed by atoms with Crippen LogP contribution >= 0.6 is 0 Å². The first-order valence-electron chi connectivity index (χ1n) is 5.48. The fourth-order valence-corrected chi connectivity index (χ4v) is 1.63. The van der Waals surface area contributed by atoms with E-state index in [9.17, 15) is 4.79 Å². The molecule has 0 saturated carbocycles. The van der Waals surface area contributed by atoms with Crippen LogP contribution in [-0.2, 0) is 4.79 Å². The lowest BCUT2D eigenvalue weighted by Crippen LogP contribution is -2.44. The van der Waals surface area contributed by atoms with Gasteiger partial charge in [-0.25, -0.2) is 0 Å². The third-order valence-electron chi connectivity index (χ3n) is 2.47. The van der Waals surface area contributed by atoms with E-state index in [0.717, 1.165) is 11.4 Å². The molecular weight excluding hydrogens is 218 g/mol. The van der Waals surface area contributed by atoms with Gasteiger partial charge in [0.25, 0.3) is 0 Å². The van der Waals surface area contributed by atoms with Gasteiger partial charge in [0.2, 0.25) is 0 Å². The lowest BCUT2D eigenvalue weighted by molar-refractivity contribution is -0.135. The Bertz CT molecular complexity index is 396. The van der Waals surface area contributed by atoms with Gasteiger partial charge in [-0.15, -0.1) is 0 Å². The summed E-state index contributed by atoms with van der Waals surface area (Å²) in [6, 6.07) is 7.42. The fourth-order valence-electron chi connectivity index (χ4n) is 1.63. The highest BCUT2D eigenvalue weighted by molar-refractivity contribution is 5.74. The van der Waals surface area contributed by atoms with E-state index in [1.807, 2.05) is 49.9 Å². The zero-order chi connectivity index (χ0) is 13.1. The minimum absolute atomic E-state index is 0.0311. The Kier molecular flexibility index (Phi) is 3.99. The molecule has 0 aliphatic heterocycles. The number of aliphatic carboxylic acids is 1. The summed E-state index contributed by atoms with van der Waals surface area (Å²) in [5.74, 6) is -0.120. The zero-order valence-corrected chi connectivity index (χ0v) is 10.7. The van der Waals surface area contributed by atoms with Gasteiger partial charge in [0.05, 0.1) is 7.11 Å². The summed E-state index contributed by atoms with van der Waals surface area (Å²) >= 11 is 0. The maximum atomic E-state index is 10.9. The number of methoxy groups -OCH3 is 1. The molecule has 1 rings (SSSR count). The van der Waals surface area contributed by atoms with Gasteiger partial charge < -0.3 is 14.7 Å². The van der Waals surface area contributed by atoms with Crippen LogP contribution < -0.4 is 9.64 Å². The van der Waals surface area contributed by atoms with E-state index >= 15 is 0 Å². The van der Waals surface area contributed by atoms with Crippen LogP contribution in [0, 0.1) is 0 Å². The molecule has 0 spiro atoms. The third kappa shape index (κ3) is 3.66. The van der Waals surface area contributed by atoms with Crippen molar-refractivity contribution in [2.24, 2.45) is 0 Å². The number of ether oxygens (including phenoxy) is 1. The van der Waals surface area contributed by atoms with Crippen LogP contribution in [0.1, 0.15) is 20.8 Å². The number of benzene rings is 1. The van der Waals surface area contributed by atoms with E-state index in [0.29, 0.717) is 0 Å². The average molecular weight is 237 g/mol. The van der Waals surface area contributed by atoms with Gasteiger partial charge in [-0.1, -0.05) is 6.07 Å². The lowest BCUT2D eigenvalue weighted by Gasteiger charge is -2.36. The lowest BCUT2D eigenvalue weighted by atomic mass is 10.0. The molecule has 0 amide bonds. The van der Waals surface area contributed by atoms with Crippen molar-refractivity contribution >= 4 is 11.7 Å². The summed E-state index contributed by atoms with van der Waals surface area (Å²) in [5.41, 5.74) is 0.587. The number of carbonyl (C=O) groups is 1. The number of carboxylic acids is 1. The molecule has 0 aliphatic carbocycles. The maximum Gasteiger partial charge on any atom is 0.323 e. The van der Waals surface area contributed by atoms with E-state index in [2.05, 4.69) is 0 Å². The quantitative estimate of drug-likeness (QED) is 0.873. The van der Waals surface area contributed by atoms with Crippen LogP contribution in [-0.4, -0.2) is 30.3 Å². The second kappa shape index (κ2) is 5.08. The van der Waals surface area contributed by atoms with Gasteiger partial charge in [-0.05, 0) is 32.9 Å². The van der Waals surface area contributed by atoms with E-state index in [-0.39, 0.29) is 12.1 Å². The highest BCUT2D eigenvalue weighted by Crippen LogP contribution is 2.26. The number of nitrogens with zero attached hydrogens (tertiary/aromatic N) is 1. The Hall–Kier alpha value is -1.71. The molecule has 0 aromatic heterocycles. The first kappa shape index (κ1) is 13.4. The second-order valence-electron chi connectivity index (χ2n) is 4.85. The van der Waals surface area contributed by atoms with Gasteiger partial charge in [0.1, 0.15) is 12.3 Å². The summed E-state index contributed by atoms with van der Waals surface area (Å²) < 4.78 is 5.15. The zero-order valence-electron chi connectivity index (χ0n) is 10.7. The summed E-state index contributed by atoms with van der Waals surface area (Å²) in [6.07, 6.45) is 0. The first-order chi connectivity index (χ1) is 7.84. The molecular formula is C13H19NO3. The number of carboxylic acid groups (broad SMARTS) is 1. The molecule has 0 saturated heterocycles. The smallest absolute Gasteiger partial charge is 0.323 e. The van der Waals surface area contributed by atoms with E-state index in [1.165, 1.54) is 0 Å². The molecule has 1 N–H and O–H groups in total. The summed E-state index contributed by atoms with van der Waals surface area (Å²) in [6.45, 7) is 5.91. The van der Waals surface area contributed by atoms with Crippen molar-refractivity contribution in [1.29, 1.82) is 0 Å². The SMILES string of the molecule is COc1cccc(N(CC(=O)O)C(C)(C)C)c1. The van der Waals surface area contributed by atoms with Gasteiger partial charge in [-0.3, -0.25) is 4.79 Å². The van der Waals surface area contributed by atoms with Gasteiger partial charge in [0.15, 0.2) is 0 Å². The van der Waals surface area contributed by atoms with Gasteiger partial charge in [0, 0.05) is 17.3 Å². The van der Waals surface area contributed by atoms with Crippen molar-refractivity contribution in [2.75, 3.05) is 18.6 Å². The third-order valence-corrected chi connectivity index (χ3v) is 2.47. The molecule has 0 fully saturated rings. The maximum absolute atomic E-state index is 10.9. The van der Waals surface area contributed by atoms with E-state index in [1.54, 1.807) is 7.11 Å². The summed E-state index contributed by atoms with van der Waals surface area (Å²) in [5, 5.41) is 8.96. The molecule has 0 bridgehead atoms. The van der Waals surface area contributed by atoms with Crippen LogP contribution in [0.3, 0.4) is 0 Å². The van der Waals surface area contributed by atoms with Crippen molar-refractivity contribution in [3.8, 4) is 5.75 Å². The predicted octanol–water partition coefficient (Wildman–Crippen LogP) is 2.38. The molecule has 0 heterocycles. The Morgan fingerprint density at radius 3 is 2.53 bits per heavy atom. The van der Waals surface area contributed by atoms with Crippen LogP contribution in [0.25, 0.3) is 0 Å². The normalized spacial score (nSPS) is 11.1. The highest BCUT2D eigenvalue weighted by Gasteiger charge is 2.24. The van der Waals surface area contributed by atoms with Crippen LogP contribution in [0.15, 0.2) is 24.3 Å². The van der Waals surface area contributed by atoms with E-state index in [4.69, 9.17) is 9.84 Å². The topological polar surface area (TPSA) is 49.8 Å². The largest absolute Gasteiger partial charge is 0.497 e. The van der Waals surface area contributed by atoms with Gasteiger partial charge >= 0.3 is 5.97 Å². The molecule has 17 heavy (non-hydrogen) atoms. The number of hydrogen-bond acceptors (Lipinski definition) is 3. The molecule has 94 valence electrons. The Morgan fingerprint density at radius 1 is 1.41 bits per heavy atom. The molecule has 0 unspecified atom stereocenters. The van der Waals surface area contributed by atoms with Gasteiger partial charge in [-0.2, -0.15) is 0 Å². The van der Waals surface area contributed by atoms with Crippen LogP contribution in [0.4, 0.5) is 5.69 Å². The standard InChI is InChI=1S/C13H19NO3/c1-13(2,3)14(9-12(15)16)10-6-5-7-11(8-10)17-4/h5-8H,9H2,1-4H3,(H,15,16). The van der Waals surface area contributed by atoms with Crippen molar-refractivity contribution in [2.45, 2.75) is 26.3 Å². The molecule has 0 atom stereocenters. The first-order valence-corrected chi connectivity index (χ1v) is 5.48. The molecule has 0 radical (unpaired) electrons. The Balaban J connectivity index is 3.08. The molecule has 1 aromatic rings. The second-order valence-corrected chi connectivity index (χ2v) is 4.85. The number of rotatable bonds is 4. The molecule has 1 aromatic carbocycles. The van der Waals surface area contributed by atoms with Crippen molar-refractivity contribution < 1.29 is 14.6 Å². The van der Waals surface area contributed by atoms with Crippen molar-refractivity contribution in [3.63, 3.8) is 0 Å². The summed E-state index contributed by atoms with van der Waals surface area (Å²) in [4.78, 5) is 12.7. The van der Waals surface area contributed by atoms with E-state index < -0.39 is 5.97 Å². The number of hydrogen-bond donors (Lipinski definition) is 1.